The summed E-state index contributed by atoms with van der Waals surface area (Å²) < 4.78 is 9.56. The summed E-state index contributed by atoms with van der Waals surface area (Å²) in [6, 6.07) is 114. The molecule has 0 spiro atoms. The highest BCUT2D eigenvalue weighted by Crippen LogP contribution is 2.50. The summed E-state index contributed by atoms with van der Waals surface area (Å²) in [6.45, 7) is 0. The summed E-state index contributed by atoms with van der Waals surface area (Å²) in [5.74, 6) is 1.28. The standard InChI is InChI=1S/C49H28N4S.C48H27N5S/c1-2-14-29(15-3-1)45-36-21-8-11-23-39(36)50-49(52-45)53-40-24-12-9-16-31(40)38-28-30(26-27-41(38)53)46-34-19-6-5-18-33(34)44-47(51-46)35-20-7-4-17-32(35)43-37-22-10-13-25-42(37)54-48(43)44;1-2-12-28(13-3-1)44-34-18-8-10-20-38(34)50-48(52-44)53-39-23-22-29(26-36(39)37-27-49-25-24-40(37)53)45-32-16-6-5-15-31(32)43-46(51-45)33-17-7-4-14-30(33)42-35-19-9-11-21-41(35)54-47(42)43/h1-28H;1-27H. The molecule has 15 aromatic carbocycles. The van der Waals surface area contributed by atoms with Gasteiger partial charge in [-0.2, -0.15) is 0 Å². The lowest BCUT2D eigenvalue weighted by molar-refractivity contribution is 1.01. The van der Waals surface area contributed by atoms with Gasteiger partial charge in [0.05, 0.1) is 66.9 Å². The number of para-hydroxylation sites is 3. The van der Waals surface area contributed by atoms with E-state index in [-0.39, 0.29) is 0 Å². The lowest BCUT2D eigenvalue weighted by Crippen LogP contribution is -2.03. The van der Waals surface area contributed by atoms with Crippen LogP contribution in [0.3, 0.4) is 0 Å². The smallest absolute Gasteiger partial charge is 0.235 e. The molecule has 0 fully saturated rings. The molecule has 0 amide bonds. The third-order valence-electron chi connectivity index (χ3n) is 21.8. The van der Waals surface area contributed by atoms with Crippen LogP contribution >= 0.6 is 22.7 Å². The van der Waals surface area contributed by atoms with Gasteiger partial charge in [0.2, 0.25) is 11.9 Å². The van der Waals surface area contributed by atoms with Crippen LogP contribution in [0.15, 0.2) is 334 Å². The van der Waals surface area contributed by atoms with Crippen molar-refractivity contribution in [1.29, 1.82) is 0 Å². The Labute approximate surface area is 623 Å². The van der Waals surface area contributed by atoms with E-state index in [1.54, 1.807) is 0 Å². The van der Waals surface area contributed by atoms with E-state index in [4.69, 9.17) is 29.9 Å². The van der Waals surface area contributed by atoms with Crippen LogP contribution in [0.5, 0.6) is 0 Å². The molecule has 0 unspecified atom stereocenters. The third-order valence-corrected chi connectivity index (χ3v) is 24.2. The van der Waals surface area contributed by atoms with Crippen LogP contribution in [0.1, 0.15) is 0 Å². The molecule has 9 aromatic heterocycles. The number of benzene rings is 15. The van der Waals surface area contributed by atoms with Gasteiger partial charge in [-0.15, -0.1) is 22.7 Å². The number of pyridine rings is 3. The van der Waals surface area contributed by atoms with Crippen LogP contribution in [-0.2, 0) is 0 Å². The molecule has 24 rings (SSSR count). The Morgan fingerprint density at radius 2 is 0.574 bits per heavy atom. The van der Waals surface area contributed by atoms with E-state index in [1.807, 2.05) is 65.4 Å². The summed E-state index contributed by atoms with van der Waals surface area (Å²) in [5.41, 5.74) is 16.0. The molecule has 0 aliphatic heterocycles. The van der Waals surface area contributed by atoms with Gasteiger partial charge in [-0.05, 0) is 82.2 Å². The minimum absolute atomic E-state index is 0.625. The first kappa shape index (κ1) is 60.4. The van der Waals surface area contributed by atoms with Gasteiger partial charge in [0.15, 0.2) is 0 Å². The summed E-state index contributed by atoms with van der Waals surface area (Å²) in [4.78, 5) is 36.7. The van der Waals surface area contributed by atoms with Crippen molar-refractivity contribution in [3.05, 3.63) is 334 Å². The van der Waals surface area contributed by atoms with Gasteiger partial charge >= 0.3 is 0 Å². The van der Waals surface area contributed by atoms with Crippen LogP contribution in [0.2, 0.25) is 0 Å². The maximum atomic E-state index is 5.63. The molecular formula is C97H55N9S2. The topological polar surface area (TPSA) is 100 Å². The zero-order valence-electron chi connectivity index (χ0n) is 57.6. The minimum atomic E-state index is 0.625. The van der Waals surface area contributed by atoms with Gasteiger partial charge in [0.1, 0.15) is 0 Å². The lowest BCUT2D eigenvalue weighted by Gasteiger charge is -2.14. The number of fused-ring (bicyclic) bond motifs is 28. The van der Waals surface area contributed by atoms with Crippen LogP contribution in [0.25, 0.3) is 228 Å². The molecule has 9 heterocycles. The Bertz CT molecular complexity index is 7490. The molecule has 108 heavy (non-hydrogen) atoms. The highest BCUT2D eigenvalue weighted by atomic mass is 32.1. The average molecular weight is 1410 g/mol. The predicted molar refractivity (Wildman–Crippen MR) is 454 cm³/mol. The first-order valence-electron chi connectivity index (χ1n) is 36.3. The zero-order chi connectivity index (χ0) is 70.7. The molecule has 9 nitrogen and oxygen atoms in total. The van der Waals surface area contributed by atoms with E-state index < -0.39 is 0 Å². The SMILES string of the molecule is c1ccc(-c2nc(-n3c4ccccc4c4cc(-c5nc6c7ccccc7c7c8ccccc8sc7c6c6ccccc56)ccc43)nc3ccccc23)cc1.c1ccc(-c2nc(-n3c4ccncc4c4cc(-c5nc6c7ccccc7c7c8ccccc8sc7c6c6ccccc56)ccc43)nc3ccccc23)cc1. The quantitative estimate of drug-likeness (QED) is 0.153. The molecule has 0 N–H and O–H groups in total. The second-order valence-corrected chi connectivity index (χ2v) is 29.8. The molecule has 0 aliphatic carbocycles. The number of hydrogen-bond donors (Lipinski definition) is 0. The van der Waals surface area contributed by atoms with Crippen LogP contribution in [0.4, 0.5) is 0 Å². The Morgan fingerprint density at radius 1 is 0.222 bits per heavy atom. The first-order valence-corrected chi connectivity index (χ1v) is 37.9. The van der Waals surface area contributed by atoms with Crippen LogP contribution < -0.4 is 0 Å². The van der Waals surface area contributed by atoms with Crippen molar-refractivity contribution in [1.82, 2.24) is 44.0 Å². The normalized spacial score (nSPS) is 12.1. The summed E-state index contributed by atoms with van der Waals surface area (Å²) in [5, 5.41) is 23.7. The number of hydrogen-bond acceptors (Lipinski definition) is 9. The second-order valence-electron chi connectivity index (χ2n) is 27.7. The predicted octanol–water partition coefficient (Wildman–Crippen LogP) is 26.0. The van der Waals surface area contributed by atoms with Crippen molar-refractivity contribution >= 4 is 193 Å². The highest BCUT2D eigenvalue weighted by molar-refractivity contribution is 7.27. The van der Waals surface area contributed by atoms with Gasteiger partial charge < -0.3 is 0 Å². The fraction of sp³-hybridized carbons (Fsp3) is 0. The molecule has 11 heteroatoms. The molecule has 0 saturated carbocycles. The van der Waals surface area contributed by atoms with Gasteiger partial charge in [-0.3, -0.25) is 14.1 Å². The molecule has 0 aliphatic rings. The van der Waals surface area contributed by atoms with Gasteiger partial charge in [0, 0.05) is 140 Å². The van der Waals surface area contributed by atoms with E-state index in [0.29, 0.717) is 11.9 Å². The molecule has 500 valence electrons. The number of nitrogens with zero attached hydrogens (tertiary/aromatic N) is 9. The van der Waals surface area contributed by atoms with Crippen LogP contribution in [0, 0.1) is 0 Å². The van der Waals surface area contributed by atoms with Crippen molar-refractivity contribution in [2.24, 2.45) is 0 Å². The molecule has 0 bridgehead atoms. The van der Waals surface area contributed by atoms with E-state index >= 15 is 0 Å². The maximum absolute atomic E-state index is 5.63. The average Bonchev–Trinajstić information content (AvgIpc) is 1.05. The monoisotopic (exact) mass is 1410 g/mol. The summed E-state index contributed by atoms with van der Waals surface area (Å²) in [7, 11) is 0. The van der Waals surface area contributed by atoms with E-state index in [2.05, 4.69) is 305 Å². The summed E-state index contributed by atoms with van der Waals surface area (Å²) in [6.07, 6.45) is 3.80. The molecule has 0 radical (unpaired) electrons. The minimum Gasteiger partial charge on any atom is -0.278 e. The lowest BCUT2D eigenvalue weighted by atomic mass is 9.94. The Balaban J connectivity index is 0.000000130. The highest BCUT2D eigenvalue weighted by Gasteiger charge is 2.26. The molecular weight excluding hydrogens is 1360 g/mol. The maximum Gasteiger partial charge on any atom is 0.235 e. The Kier molecular flexibility index (Phi) is 13.3. The van der Waals surface area contributed by atoms with Crippen LogP contribution in [-0.4, -0.2) is 44.0 Å². The first-order chi connectivity index (χ1) is 53.6. The second kappa shape index (κ2) is 23.8. The van der Waals surface area contributed by atoms with Gasteiger partial charge in [-0.25, -0.2) is 29.9 Å². The molecule has 24 aromatic rings. The van der Waals surface area contributed by atoms with E-state index in [9.17, 15) is 0 Å². The fourth-order valence-electron chi connectivity index (χ4n) is 17.1. The zero-order valence-corrected chi connectivity index (χ0v) is 59.2. The Morgan fingerprint density at radius 3 is 1.06 bits per heavy atom. The number of aromatic nitrogens is 9. The summed E-state index contributed by atoms with van der Waals surface area (Å²) >= 11 is 3.74. The molecule has 0 atom stereocenters. The molecule has 0 saturated heterocycles. The van der Waals surface area contributed by atoms with Gasteiger partial charge in [-0.1, -0.05) is 261 Å². The van der Waals surface area contributed by atoms with Crippen molar-refractivity contribution in [3.8, 4) is 56.9 Å². The van der Waals surface area contributed by atoms with Crippen molar-refractivity contribution in [2.45, 2.75) is 0 Å². The number of thiophene rings is 2. The van der Waals surface area contributed by atoms with Crippen molar-refractivity contribution < 1.29 is 0 Å². The van der Waals surface area contributed by atoms with Crippen molar-refractivity contribution in [3.63, 3.8) is 0 Å². The van der Waals surface area contributed by atoms with E-state index in [1.165, 1.54) is 83.4 Å². The third kappa shape index (κ3) is 9.07. The van der Waals surface area contributed by atoms with Gasteiger partial charge in [0.25, 0.3) is 0 Å². The van der Waals surface area contributed by atoms with E-state index in [0.717, 1.165) is 132 Å². The number of rotatable bonds is 6. The fourth-order valence-corrected chi connectivity index (χ4v) is 19.7. The largest absolute Gasteiger partial charge is 0.278 e. The van der Waals surface area contributed by atoms with Crippen molar-refractivity contribution in [2.75, 3.05) is 0 Å². The Hall–Kier alpha value is -14.0.